The quantitative estimate of drug-likeness (QED) is 0.581. The van der Waals surface area contributed by atoms with Gasteiger partial charge in [0.1, 0.15) is 9.61 Å². The van der Waals surface area contributed by atoms with Crippen LogP contribution in [-0.2, 0) is 11.2 Å². The lowest BCUT2D eigenvalue weighted by molar-refractivity contribution is -0.125. The molecule has 25 heavy (non-hydrogen) atoms. The fraction of sp³-hybridized carbons (Fsp3) is 0.312. The maximum Gasteiger partial charge on any atom is 0.233 e. The number of aromatic nitrogens is 1. The van der Waals surface area contributed by atoms with E-state index in [0.717, 1.165) is 15.2 Å². The van der Waals surface area contributed by atoms with Crippen LogP contribution < -0.4 is 14.8 Å². The molecule has 2 aromatic rings. The minimum atomic E-state index is -0.191. The minimum absolute atomic E-state index is 0.0320. The summed E-state index contributed by atoms with van der Waals surface area (Å²) in [6, 6.07) is 5.24. The van der Waals surface area contributed by atoms with Gasteiger partial charge in [0.05, 0.1) is 12.5 Å². The van der Waals surface area contributed by atoms with Crippen LogP contribution in [0.2, 0.25) is 0 Å². The van der Waals surface area contributed by atoms with Crippen LogP contribution in [0.15, 0.2) is 28.2 Å². The first kappa shape index (κ1) is 17.7. The number of halogens is 1. The molecule has 0 saturated carbocycles. The van der Waals surface area contributed by atoms with Gasteiger partial charge in [-0.25, -0.2) is 4.98 Å². The van der Waals surface area contributed by atoms with Gasteiger partial charge in [0.25, 0.3) is 0 Å². The maximum absolute atomic E-state index is 12.4. The average Bonchev–Trinajstić information content (AvgIpc) is 3.22. The molecular formula is C16H17BrN4O3S. The van der Waals surface area contributed by atoms with Gasteiger partial charge in [0.2, 0.25) is 12.7 Å². The van der Waals surface area contributed by atoms with Gasteiger partial charge in [-0.3, -0.25) is 15.1 Å². The van der Waals surface area contributed by atoms with Crippen molar-refractivity contribution in [2.75, 3.05) is 13.8 Å². The van der Waals surface area contributed by atoms with Gasteiger partial charge in [0, 0.05) is 12.4 Å². The molecule has 0 bridgehead atoms. The van der Waals surface area contributed by atoms with E-state index < -0.39 is 0 Å². The number of guanidine groups is 1. The van der Waals surface area contributed by atoms with Crippen LogP contribution in [0.5, 0.6) is 11.5 Å². The van der Waals surface area contributed by atoms with Crippen molar-refractivity contribution >= 4 is 39.1 Å². The predicted octanol–water partition coefficient (Wildman–Crippen LogP) is 2.92. The van der Waals surface area contributed by atoms with E-state index in [9.17, 15) is 4.79 Å². The maximum atomic E-state index is 12.4. The number of thiazole rings is 1. The molecule has 0 spiro atoms. The molecule has 2 heterocycles. The van der Waals surface area contributed by atoms with Crippen LogP contribution in [0, 0.1) is 5.41 Å². The third-order valence-electron chi connectivity index (χ3n) is 3.72. The number of nitrogens with one attached hydrogen (secondary N) is 2. The lowest BCUT2D eigenvalue weighted by Gasteiger charge is -2.22. The number of carbonyl (C=O) groups excluding carboxylic acids is 1. The van der Waals surface area contributed by atoms with E-state index in [1.54, 1.807) is 19.2 Å². The molecule has 1 aliphatic heterocycles. The van der Waals surface area contributed by atoms with E-state index in [1.807, 2.05) is 18.4 Å². The number of carbonyl (C=O) groups is 1. The van der Waals surface area contributed by atoms with Crippen molar-refractivity contribution in [1.82, 2.24) is 15.2 Å². The average molecular weight is 425 g/mol. The van der Waals surface area contributed by atoms with Crippen LogP contribution in [0.1, 0.15) is 23.5 Å². The van der Waals surface area contributed by atoms with Crippen molar-refractivity contribution in [3.63, 3.8) is 0 Å². The molecule has 1 aromatic heterocycles. The Kier molecular flexibility index (Phi) is 5.24. The summed E-state index contributed by atoms with van der Waals surface area (Å²) in [4.78, 5) is 18.0. The third kappa shape index (κ3) is 4.10. The lowest BCUT2D eigenvalue weighted by Crippen LogP contribution is -2.43. The van der Waals surface area contributed by atoms with Crippen molar-refractivity contribution in [3.8, 4) is 11.5 Å². The number of benzene rings is 1. The predicted molar refractivity (Wildman–Crippen MR) is 98.1 cm³/mol. The first-order chi connectivity index (χ1) is 11.9. The van der Waals surface area contributed by atoms with Crippen molar-refractivity contribution in [2.45, 2.75) is 19.4 Å². The molecule has 1 amide bonds. The molecule has 0 radical (unpaired) electrons. The SMILES string of the molecule is C[C@@H](NC(=N)N(C)C(=O)Cc1ccc2c(c1)OCO2)c1nc(Br)cs1. The molecule has 0 unspecified atom stereocenters. The first-order valence-electron chi connectivity index (χ1n) is 7.55. The molecule has 9 heteroatoms. The smallest absolute Gasteiger partial charge is 0.233 e. The highest BCUT2D eigenvalue weighted by Crippen LogP contribution is 2.32. The van der Waals surface area contributed by atoms with Crippen LogP contribution >= 0.6 is 27.3 Å². The summed E-state index contributed by atoms with van der Waals surface area (Å²) < 4.78 is 11.3. The normalized spacial score (nSPS) is 13.4. The molecule has 0 fully saturated rings. The van der Waals surface area contributed by atoms with Crippen molar-refractivity contribution < 1.29 is 14.3 Å². The van der Waals surface area contributed by atoms with Crippen LogP contribution in [0.4, 0.5) is 0 Å². The zero-order valence-corrected chi connectivity index (χ0v) is 16.1. The number of likely N-dealkylation sites (N-methyl/N-ethyl adjacent to an activating group) is 1. The van der Waals surface area contributed by atoms with Crippen molar-refractivity contribution in [1.29, 1.82) is 5.41 Å². The summed E-state index contributed by atoms with van der Waals surface area (Å²) in [5.74, 6) is 1.17. The number of ether oxygens (including phenoxy) is 2. The Balaban J connectivity index is 1.58. The highest BCUT2D eigenvalue weighted by molar-refractivity contribution is 9.10. The molecule has 1 atom stereocenters. The van der Waals surface area contributed by atoms with Gasteiger partial charge in [-0.15, -0.1) is 11.3 Å². The molecule has 0 aliphatic carbocycles. The lowest BCUT2D eigenvalue weighted by atomic mass is 10.1. The topological polar surface area (TPSA) is 87.5 Å². The fourth-order valence-electron chi connectivity index (χ4n) is 2.30. The summed E-state index contributed by atoms with van der Waals surface area (Å²) in [5.41, 5.74) is 0.811. The molecule has 132 valence electrons. The van der Waals surface area contributed by atoms with Gasteiger partial charge in [-0.05, 0) is 40.5 Å². The minimum Gasteiger partial charge on any atom is -0.454 e. The molecule has 1 aromatic carbocycles. The van der Waals surface area contributed by atoms with Crippen LogP contribution in [0.25, 0.3) is 0 Å². The molecule has 0 saturated heterocycles. The summed E-state index contributed by atoms with van der Waals surface area (Å²) in [5, 5.41) is 13.8. The van der Waals surface area contributed by atoms with E-state index in [1.165, 1.54) is 16.2 Å². The van der Waals surface area contributed by atoms with Crippen molar-refractivity contribution in [2.24, 2.45) is 0 Å². The number of fused-ring (bicyclic) bond motifs is 1. The Labute approximate surface area is 157 Å². The highest BCUT2D eigenvalue weighted by atomic mass is 79.9. The van der Waals surface area contributed by atoms with Crippen molar-refractivity contribution in [3.05, 3.63) is 38.8 Å². The first-order valence-corrected chi connectivity index (χ1v) is 9.22. The number of rotatable bonds is 4. The summed E-state index contributed by atoms with van der Waals surface area (Å²) in [7, 11) is 1.58. The summed E-state index contributed by atoms with van der Waals surface area (Å²) in [6.07, 6.45) is 0.175. The number of hydrogen-bond donors (Lipinski definition) is 2. The Hall–Kier alpha value is -2.13. The number of hydrogen-bond acceptors (Lipinski definition) is 6. The van der Waals surface area contributed by atoms with Gasteiger partial charge < -0.3 is 14.8 Å². The Morgan fingerprint density at radius 2 is 2.24 bits per heavy atom. The Morgan fingerprint density at radius 1 is 1.48 bits per heavy atom. The molecular weight excluding hydrogens is 408 g/mol. The fourth-order valence-corrected chi connectivity index (χ4v) is 3.57. The largest absolute Gasteiger partial charge is 0.454 e. The van der Waals surface area contributed by atoms with E-state index in [0.29, 0.717) is 11.5 Å². The highest BCUT2D eigenvalue weighted by Gasteiger charge is 2.19. The second kappa shape index (κ2) is 7.40. The van der Waals surface area contributed by atoms with E-state index in [-0.39, 0.29) is 31.1 Å². The van der Waals surface area contributed by atoms with Crippen LogP contribution in [-0.4, -0.2) is 35.6 Å². The van der Waals surface area contributed by atoms with E-state index in [4.69, 9.17) is 14.9 Å². The van der Waals surface area contributed by atoms with Gasteiger partial charge in [0.15, 0.2) is 17.5 Å². The standard InChI is InChI=1S/C16H17BrN4O3S/c1-9(15-20-13(17)7-25-15)19-16(18)21(2)14(22)6-10-3-4-11-12(5-10)24-8-23-11/h3-5,7,9H,6,8H2,1-2H3,(H2,18,19)/t9-/m1/s1. The monoisotopic (exact) mass is 424 g/mol. The zero-order valence-electron chi connectivity index (χ0n) is 13.7. The van der Waals surface area contributed by atoms with Gasteiger partial charge >= 0.3 is 0 Å². The molecule has 2 N–H and O–H groups in total. The third-order valence-corrected chi connectivity index (χ3v) is 5.46. The molecule has 3 rings (SSSR count). The van der Waals surface area contributed by atoms with E-state index >= 15 is 0 Å². The van der Waals surface area contributed by atoms with Gasteiger partial charge in [-0.1, -0.05) is 6.07 Å². The van der Waals surface area contributed by atoms with Gasteiger partial charge in [-0.2, -0.15) is 0 Å². The Bertz CT molecular complexity index is 810. The van der Waals surface area contributed by atoms with E-state index in [2.05, 4.69) is 26.2 Å². The second-order valence-electron chi connectivity index (χ2n) is 5.54. The number of nitrogens with zero attached hydrogens (tertiary/aromatic N) is 2. The number of amides is 1. The Morgan fingerprint density at radius 3 is 2.96 bits per heavy atom. The zero-order chi connectivity index (χ0) is 18.0. The van der Waals surface area contributed by atoms with Crippen LogP contribution in [0.3, 0.4) is 0 Å². The summed E-state index contributed by atoms with van der Waals surface area (Å²) >= 11 is 4.80. The summed E-state index contributed by atoms with van der Waals surface area (Å²) in [6.45, 7) is 2.10. The second-order valence-corrected chi connectivity index (χ2v) is 7.24. The molecule has 1 aliphatic rings. The molecule has 7 nitrogen and oxygen atoms in total.